The van der Waals surface area contributed by atoms with Crippen LogP contribution < -0.4 is 0 Å². The number of hydrogen-bond donors (Lipinski definition) is 0. The summed E-state index contributed by atoms with van der Waals surface area (Å²) in [6.07, 6.45) is 1.64. The minimum absolute atomic E-state index is 0.0698. The SMILES string of the molecule is O=S(=O)(c1ccccc1F)N1CCCC1CBr. The molecule has 1 aliphatic heterocycles. The first-order valence-corrected chi connectivity index (χ1v) is 7.96. The number of benzene rings is 1. The summed E-state index contributed by atoms with van der Waals surface area (Å²) in [6.45, 7) is 0.465. The molecule has 94 valence electrons. The molecular formula is C11H13BrFNO2S. The Bertz CT molecular complexity index is 506. The van der Waals surface area contributed by atoms with Gasteiger partial charge in [0.25, 0.3) is 0 Å². The van der Waals surface area contributed by atoms with Crippen molar-refractivity contribution in [2.24, 2.45) is 0 Å². The third-order valence-electron chi connectivity index (χ3n) is 2.92. The summed E-state index contributed by atoms with van der Waals surface area (Å²) in [7, 11) is -3.70. The van der Waals surface area contributed by atoms with Gasteiger partial charge in [-0.2, -0.15) is 4.31 Å². The van der Waals surface area contributed by atoms with Gasteiger partial charge in [-0.05, 0) is 25.0 Å². The van der Waals surface area contributed by atoms with E-state index in [0.717, 1.165) is 12.8 Å². The van der Waals surface area contributed by atoms with E-state index in [2.05, 4.69) is 15.9 Å². The summed E-state index contributed by atoms with van der Waals surface area (Å²) in [4.78, 5) is -0.229. The smallest absolute Gasteiger partial charge is 0.207 e. The van der Waals surface area contributed by atoms with Crippen LogP contribution in [0.4, 0.5) is 4.39 Å². The molecular weight excluding hydrogens is 309 g/mol. The zero-order valence-corrected chi connectivity index (χ0v) is 11.5. The molecule has 1 saturated heterocycles. The lowest BCUT2D eigenvalue weighted by Crippen LogP contribution is -2.36. The van der Waals surface area contributed by atoms with Crippen molar-refractivity contribution in [1.82, 2.24) is 4.31 Å². The second-order valence-corrected chi connectivity index (χ2v) is 6.50. The van der Waals surface area contributed by atoms with Crippen LogP contribution in [0.1, 0.15) is 12.8 Å². The first kappa shape index (κ1) is 13.0. The van der Waals surface area contributed by atoms with Crippen molar-refractivity contribution in [3.63, 3.8) is 0 Å². The fourth-order valence-electron chi connectivity index (χ4n) is 2.06. The molecule has 6 heteroatoms. The van der Waals surface area contributed by atoms with Crippen molar-refractivity contribution in [2.45, 2.75) is 23.8 Å². The van der Waals surface area contributed by atoms with E-state index in [9.17, 15) is 12.8 Å². The van der Waals surface area contributed by atoms with Gasteiger partial charge in [0.15, 0.2) is 0 Å². The predicted octanol–water partition coefficient (Wildman–Crippen LogP) is 2.37. The molecule has 0 amide bonds. The molecule has 2 rings (SSSR count). The van der Waals surface area contributed by atoms with Gasteiger partial charge in [0.05, 0.1) is 0 Å². The number of sulfonamides is 1. The van der Waals surface area contributed by atoms with Gasteiger partial charge in [-0.3, -0.25) is 0 Å². The Labute approximate surface area is 109 Å². The first-order chi connectivity index (χ1) is 8.07. The summed E-state index contributed by atoms with van der Waals surface area (Å²) in [5.41, 5.74) is 0. The van der Waals surface area contributed by atoms with Gasteiger partial charge >= 0.3 is 0 Å². The molecule has 3 nitrogen and oxygen atoms in total. The summed E-state index contributed by atoms with van der Waals surface area (Å²) in [5, 5.41) is 0.584. The molecule has 1 unspecified atom stereocenters. The van der Waals surface area contributed by atoms with Crippen LogP contribution in [0.25, 0.3) is 0 Å². The number of halogens is 2. The lowest BCUT2D eigenvalue weighted by molar-refractivity contribution is 0.410. The van der Waals surface area contributed by atoms with Gasteiger partial charge < -0.3 is 0 Å². The molecule has 1 aromatic rings. The van der Waals surface area contributed by atoms with E-state index in [0.29, 0.717) is 11.9 Å². The standard InChI is InChI=1S/C11H13BrFNO2S/c12-8-9-4-3-7-14(9)17(15,16)11-6-2-1-5-10(11)13/h1-2,5-6,9H,3-4,7-8H2. The molecule has 1 aliphatic rings. The molecule has 1 atom stereocenters. The zero-order chi connectivity index (χ0) is 12.5. The predicted molar refractivity (Wildman–Crippen MR) is 67.1 cm³/mol. The van der Waals surface area contributed by atoms with Gasteiger partial charge in [-0.1, -0.05) is 28.1 Å². The highest BCUT2D eigenvalue weighted by Gasteiger charge is 2.35. The Kier molecular flexibility index (Phi) is 3.85. The highest BCUT2D eigenvalue weighted by molar-refractivity contribution is 9.09. The Balaban J connectivity index is 2.40. The minimum atomic E-state index is -3.70. The molecule has 1 fully saturated rings. The molecule has 0 bridgehead atoms. The van der Waals surface area contributed by atoms with E-state index in [4.69, 9.17) is 0 Å². The maximum Gasteiger partial charge on any atom is 0.246 e. The van der Waals surface area contributed by atoms with Crippen LogP contribution >= 0.6 is 15.9 Å². The van der Waals surface area contributed by atoms with Gasteiger partial charge in [0.2, 0.25) is 10.0 Å². The maximum atomic E-state index is 13.6. The van der Waals surface area contributed by atoms with E-state index in [1.807, 2.05) is 0 Å². The van der Waals surface area contributed by atoms with Crippen LogP contribution in [0.2, 0.25) is 0 Å². The van der Waals surface area contributed by atoms with Crippen molar-refractivity contribution in [1.29, 1.82) is 0 Å². The number of rotatable bonds is 3. The monoisotopic (exact) mass is 321 g/mol. The quantitative estimate of drug-likeness (QED) is 0.801. The van der Waals surface area contributed by atoms with Gasteiger partial charge in [-0.25, -0.2) is 12.8 Å². The second kappa shape index (κ2) is 5.04. The molecule has 1 aromatic carbocycles. The van der Waals surface area contributed by atoms with Crippen LogP contribution in [0.5, 0.6) is 0 Å². The molecule has 1 heterocycles. The average molecular weight is 322 g/mol. The van der Waals surface area contributed by atoms with Crippen LogP contribution in [0, 0.1) is 5.82 Å². The summed E-state index contributed by atoms with van der Waals surface area (Å²) < 4.78 is 39.5. The Morgan fingerprint density at radius 2 is 2.12 bits per heavy atom. The molecule has 0 aromatic heterocycles. The number of alkyl halides is 1. The fourth-order valence-corrected chi connectivity index (χ4v) is 4.68. The van der Waals surface area contributed by atoms with E-state index in [1.165, 1.54) is 28.6 Å². The van der Waals surface area contributed by atoms with Crippen molar-refractivity contribution in [2.75, 3.05) is 11.9 Å². The minimum Gasteiger partial charge on any atom is -0.207 e. The van der Waals surface area contributed by atoms with Crippen molar-refractivity contribution < 1.29 is 12.8 Å². The van der Waals surface area contributed by atoms with E-state index in [1.54, 1.807) is 0 Å². The van der Waals surface area contributed by atoms with Crippen LogP contribution in [0.15, 0.2) is 29.2 Å². The van der Waals surface area contributed by atoms with Crippen LogP contribution in [-0.2, 0) is 10.0 Å². The van der Waals surface area contributed by atoms with Gasteiger partial charge in [0, 0.05) is 17.9 Å². The Morgan fingerprint density at radius 3 is 2.76 bits per heavy atom. The lowest BCUT2D eigenvalue weighted by Gasteiger charge is -2.22. The topological polar surface area (TPSA) is 37.4 Å². The highest BCUT2D eigenvalue weighted by Crippen LogP contribution is 2.28. The van der Waals surface area contributed by atoms with Crippen molar-refractivity contribution in [3.05, 3.63) is 30.1 Å². The molecule has 0 saturated carbocycles. The fraction of sp³-hybridized carbons (Fsp3) is 0.455. The summed E-state index contributed by atoms with van der Waals surface area (Å²) >= 11 is 3.30. The molecule has 0 aliphatic carbocycles. The lowest BCUT2D eigenvalue weighted by atomic mass is 10.3. The van der Waals surface area contributed by atoms with E-state index >= 15 is 0 Å². The van der Waals surface area contributed by atoms with E-state index in [-0.39, 0.29) is 10.9 Å². The second-order valence-electron chi connectivity index (χ2n) is 4.00. The van der Waals surface area contributed by atoms with Crippen molar-refractivity contribution >= 4 is 26.0 Å². The third-order valence-corrected chi connectivity index (χ3v) is 5.66. The number of hydrogen-bond acceptors (Lipinski definition) is 2. The number of nitrogens with zero attached hydrogens (tertiary/aromatic N) is 1. The van der Waals surface area contributed by atoms with Crippen molar-refractivity contribution in [3.8, 4) is 0 Å². The molecule has 0 radical (unpaired) electrons. The third kappa shape index (κ3) is 2.39. The molecule has 0 N–H and O–H groups in total. The van der Waals surface area contributed by atoms with Crippen LogP contribution in [-0.4, -0.2) is 30.6 Å². The maximum absolute atomic E-state index is 13.6. The highest BCUT2D eigenvalue weighted by atomic mass is 79.9. The average Bonchev–Trinajstić information content (AvgIpc) is 2.78. The molecule has 0 spiro atoms. The largest absolute Gasteiger partial charge is 0.246 e. The Morgan fingerprint density at radius 1 is 1.41 bits per heavy atom. The normalized spacial score (nSPS) is 21.9. The summed E-state index contributed by atoms with van der Waals surface area (Å²) in [6, 6.07) is 5.44. The van der Waals surface area contributed by atoms with Gasteiger partial charge in [-0.15, -0.1) is 0 Å². The zero-order valence-electron chi connectivity index (χ0n) is 9.14. The summed E-state index contributed by atoms with van der Waals surface area (Å²) in [5.74, 6) is -0.687. The molecule has 17 heavy (non-hydrogen) atoms. The first-order valence-electron chi connectivity index (χ1n) is 5.39. The van der Waals surface area contributed by atoms with Crippen LogP contribution in [0.3, 0.4) is 0 Å². The van der Waals surface area contributed by atoms with Gasteiger partial charge in [0.1, 0.15) is 10.7 Å². The Hall–Kier alpha value is -0.460. The van der Waals surface area contributed by atoms with E-state index < -0.39 is 15.8 Å².